The van der Waals surface area contributed by atoms with Crippen molar-refractivity contribution in [3.05, 3.63) is 59.1 Å². The van der Waals surface area contributed by atoms with E-state index >= 15 is 0 Å². The number of thioether (sulfide) groups is 1. The highest BCUT2D eigenvalue weighted by Crippen LogP contribution is 2.21. The average molecular weight is 418 g/mol. The second kappa shape index (κ2) is 9.96. The SMILES string of the molecule is Cc1ccc(NC(=O)CN2CCN(C(=O)CSc3ccc(Cl)cc3)CC2)cc1. The third kappa shape index (κ3) is 6.26. The van der Waals surface area contributed by atoms with E-state index in [2.05, 4.69) is 10.2 Å². The largest absolute Gasteiger partial charge is 0.339 e. The van der Waals surface area contributed by atoms with Crippen LogP contribution >= 0.6 is 23.4 Å². The predicted octanol–water partition coefficient (Wildman–Crippen LogP) is 3.52. The van der Waals surface area contributed by atoms with Gasteiger partial charge in [0.15, 0.2) is 0 Å². The van der Waals surface area contributed by atoms with Crippen molar-refractivity contribution in [2.45, 2.75) is 11.8 Å². The Labute approximate surface area is 175 Å². The normalized spacial score (nSPS) is 14.7. The van der Waals surface area contributed by atoms with Crippen LogP contribution in [0.2, 0.25) is 5.02 Å². The van der Waals surface area contributed by atoms with Crippen molar-refractivity contribution in [2.75, 3.05) is 43.8 Å². The molecule has 0 bridgehead atoms. The van der Waals surface area contributed by atoms with Crippen molar-refractivity contribution in [3.63, 3.8) is 0 Å². The molecule has 1 aliphatic rings. The summed E-state index contributed by atoms with van der Waals surface area (Å²) in [6.45, 7) is 5.07. The lowest BCUT2D eigenvalue weighted by atomic mass is 10.2. The molecule has 1 fully saturated rings. The molecule has 1 aliphatic heterocycles. The van der Waals surface area contributed by atoms with E-state index in [0.29, 0.717) is 43.5 Å². The van der Waals surface area contributed by atoms with Crippen LogP contribution in [0.15, 0.2) is 53.4 Å². The molecule has 5 nitrogen and oxygen atoms in total. The molecule has 0 unspecified atom stereocenters. The quantitative estimate of drug-likeness (QED) is 0.730. The van der Waals surface area contributed by atoms with Gasteiger partial charge in [-0.3, -0.25) is 14.5 Å². The van der Waals surface area contributed by atoms with E-state index in [1.165, 1.54) is 11.8 Å². The molecule has 3 rings (SSSR count). The molecule has 1 saturated heterocycles. The van der Waals surface area contributed by atoms with Crippen molar-refractivity contribution in [1.29, 1.82) is 0 Å². The molecular formula is C21H24ClN3O2S. The van der Waals surface area contributed by atoms with Crippen LogP contribution in [0.5, 0.6) is 0 Å². The molecule has 1 heterocycles. The lowest BCUT2D eigenvalue weighted by molar-refractivity contribution is -0.130. The maximum atomic E-state index is 12.4. The Morgan fingerprint density at radius 1 is 1.00 bits per heavy atom. The molecular weight excluding hydrogens is 394 g/mol. The van der Waals surface area contributed by atoms with Crippen LogP contribution in [0.3, 0.4) is 0 Å². The Hall–Kier alpha value is -2.02. The molecule has 28 heavy (non-hydrogen) atoms. The number of nitrogens with zero attached hydrogens (tertiary/aromatic N) is 2. The number of benzene rings is 2. The lowest BCUT2D eigenvalue weighted by Crippen LogP contribution is -2.50. The Bertz CT molecular complexity index is 803. The number of anilines is 1. The summed E-state index contributed by atoms with van der Waals surface area (Å²) in [5.41, 5.74) is 1.97. The molecule has 2 aromatic rings. The van der Waals surface area contributed by atoms with E-state index in [9.17, 15) is 9.59 Å². The number of halogens is 1. The zero-order chi connectivity index (χ0) is 19.9. The average Bonchev–Trinajstić information content (AvgIpc) is 2.69. The minimum absolute atomic E-state index is 0.0260. The third-order valence-electron chi connectivity index (χ3n) is 4.60. The Balaban J connectivity index is 1.38. The molecule has 2 amide bonds. The standard InChI is InChI=1S/C21H24ClN3O2S/c1-16-2-6-18(7-3-16)23-20(26)14-24-10-12-25(13-11-24)21(27)15-28-19-8-4-17(22)5-9-19/h2-9H,10-15H2,1H3,(H,23,26). The monoisotopic (exact) mass is 417 g/mol. The van der Waals surface area contributed by atoms with Gasteiger partial charge in [-0.1, -0.05) is 29.3 Å². The molecule has 0 spiro atoms. The van der Waals surface area contributed by atoms with Crippen LogP contribution < -0.4 is 5.32 Å². The number of hydrogen-bond acceptors (Lipinski definition) is 4. The first-order chi connectivity index (χ1) is 13.5. The number of amides is 2. The van der Waals surface area contributed by atoms with E-state index in [4.69, 9.17) is 11.6 Å². The van der Waals surface area contributed by atoms with Gasteiger partial charge in [-0.25, -0.2) is 0 Å². The van der Waals surface area contributed by atoms with Crippen molar-refractivity contribution < 1.29 is 9.59 Å². The van der Waals surface area contributed by atoms with Crippen LogP contribution in [-0.4, -0.2) is 60.1 Å². The van der Waals surface area contributed by atoms with Gasteiger partial charge in [0.1, 0.15) is 0 Å². The number of rotatable bonds is 6. The third-order valence-corrected chi connectivity index (χ3v) is 5.85. The molecule has 0 atom stereocenters. The van der Waals surface area contributed by atoms with Gasteiger partial charge in [0.05, 0.1) is 12.3 Å². The fraction of sp³-hybridized carbons (Fsp3) is 0.333. The van der Waals surface area contributed by atoms with Crippen molar-refractivity contribution in [2.24, 2.45) is 0 Å². The van der Waals surface area contributed by atoms with Gasteiger partial charge in [0.2, 0.25) is 11.8 Å². The molecule has 148 valence electrons. The first-order valence-electron chi connectivity index (χ1n) is 9.24. The minimum atomic E-state index is -0.0260. The van der Waals surface area contributed by atoms with Crippen molar-refractivity contribution in [1.82, 2.24) is 9.80 Å². The minimum Gasteiger partial charge on any atom is -0.339 e. The van der Waals surface area contributed by atoms with Gasteiger partial charge in [0, 0.05) is 41.8 Å². The molecule has 2 aromatic carbocycles. The lowest BCUT2D eigenvalue weighted by Gasteiger charge is -2.34. The molecule has 0 aromatic heterocycles. The van der Waals surface area contributed by atoms with E-state index in [-0.39, 0.29) is 11.8 Å². The highest BCUT2D eigenvalue weighted by molar-refractivity contribution is 8.00. The zero-order valence-electron chi connectivity index (χ0n) is 15.9. The first kappa shape index (κ1) is 20.7. The zero-order valence-corrected chi connectivity index (χ0v) is 17.4. The highest BCUT2D eigenvalue weighted by atomic mass is 35.5. The summed E-state index contributed by atoms with van der Waals surface area (Å²) >= 11 is 7.40. The smallest absolute Gasteiger partial charge is 0.238 e. The van der Waals surface area contributed by atoms with Crippen LogP contribution in [0.1, 0.15) is 5.56 Å². The van der Waals surface area contributed by atoms with Crippen LogP contribution in [0, 0.1) is 6.92 Å². The molecule has 0 aliphatic carbocycles. The number of carbonyl (C=O) groups is 2. The van der Waals surface area contributed by atoms with E-state index in [1.54, 1.807) is 0 Å². The second-order valence-corrected chi connectivity index (χ2v) is 8.30. The number of aryl methyl sites for hydroxylation is 1. The molecule has 7 heteroatoms. The Morgan fingerprint density at radius 2 is 1.64 bits per heavy atom. The van der Waals surface area contributed by atoms with Gasteiger partial charge in [0.25, 0.3) is 0 Å². The molecule has 0 saturated carbocycles. The first-order valence-corrected chi connectivity index (χ1v) is 10.6. The van der Waals surface area contributed by atoms with E-state index < -0.39 is 0 Å². The number of hydrogen-bond donors (Lipinski definition) is 1. The summed E-state index contributed by atoms with van der Waals surface area (Å²) < 4.78 is 0. The highest BCUT2D eigenvalue weighted by Gasteiger charge is 2.22. The summed E-state index contributed by atoms with van der Waals surface area (Å²) in [7, 11) is 0. The van der Waals surface area contributed by atoms with Gasteiger partial charge >= 0.3 is 0 Å². The van der Waals surface area contributed by atoms with Crippen LogP contribution in [0.4, 0.5) is 5.69 Å². The second-order valence-electron chi connectivity index (χ2n) is 6.81. The summed E-state index contributed by atoms with van der Waals surface area (Å²) in [4.78, 5) is 29.6. The summed E-state index contributed by atoms with van der Waals surface area (Å²) in [5, 5.41) is 3.61. The summed E-state index contributed by atoms with van der Waals surface area (Å²) in [6.07, 6.45) is 0. The maximum Gasteiger partial charge on any atom is 0.238 e. The van der Waals surface area contributed by atoms with Crippen molar-refractivity contribution in [3.8, 4) is 0 Å². The maximum absolute atomic E-state index is 12.4. The Kier molecular flexibility index (Phi) is 7.36. The molecule has 1 N–H and O–H groups in total. The van der Waals surface area contributed by atoms with Gasteiger partial charge < -0.3 is 10.2 Å². The molecule has 0 radical (unpaired) electrons. The van der Waals surface area contributed by atoms with Crippen LogP contribution in [-0.2, 0) is 9.59 Å². The fourth-order valence-corrected chi connectivity index (χ4v) is 3.89. The topological polar surface area (TPSA) is 52.7 Å². The predicted molar refractivity (Wildman–Crippen MR) is 115 cm³/mol. The number of piperazine rings is 1. The summed E-state index contributed by atoms with van der Waals surface area (Å²) in [5.74, 6) is 0.515. The Morgan fingerprint density at radius 3 is 2.29 bits per heavy atom. The van der Waals surface area contributed by atoms with E-state index in [1.807, 2.05) is 60.4 Å². The van der Waals surface area contributed by atoms with Gasteiger partial charge in [-0.05, 0) is 43.3 Å². The van der Waals surface area contributed by atoms with E-state index in [0.717, 1.165) is 16.1 Å². The summed E-state index contributed by atoms with van der Waals surface area (Å²) in [6, 6.07) is 15.3. The number of nitrogens with one attached hydrogen (secondary N) is 1. The van der Waals surface area contributed by atoms with Crippen molar-refractivity contribution >= 4 is 40.9 Å². The number of carbonyl (C=O) groups excluding carboxylic acids is 2. The fourth-order valence-electron chi connectivity index (χ4n) is 2.96. The van der Waals surface area contributed by atoms with Gasteiger partial charge in [-0.15, -0.1) is 11.8 Å². The van der Waals surface area contributed by atoms with Gasteiger partial charge in [-0.2, -0.15) is 0 Å². The van der Waals surface area contributed by atoms with Crippen LogP contribution in [0.25, 0.3) is 0 Å².